The molecule has 0 saturated carbocycles. The third-order valence-electron chi connectivity index (χ3n) is 4.46. The fraction of sp³-hybridized carbons (Fsp3) is 0.316. The lowest BCUT2D eigenvalue weighted by molar-refractivity contribution is 0.0611. The first kappa shape index (κ1) is 15.7. The van der Waals surface area contributed by atoms with E-state index >= 15 is 0 Å². The minimum absolute atomic E-state index is 0.0195. The number of hydrogen-bond donors (Lipinski definition) is 1. The van der Waals surface area contributed by atoms with E-state index in [0.717, 1.165) is 36.9 Å². The molecule has 3 nitrogen and oxygen atoms in total. The molecule has 1 fully saturated rings. The van der Waals surface area contributed by atoms with Gasteiger partial charge in [-0.25, -0.2) is 4.39 Å². The Labute approximate surface area is 135 Å². The molecular formula is C19H21FN2O. The molecule has 1 atom stereocenters. The highest BCUT2D eigenvalue weighted by Crippen LogP contribution is 2.32. The zero-order valence-corrected chi connectivity index (χ0v) is 13.0. The predicted molar refractivity (Wildman–Crippen MR) is 88.4 cm³/mol. The van der Waals surface area contributed by atoms with E-state index in [1.807, 2.05) is 29.2 Å². The summed E-state index contributed by atoms with van der Waals surface area (Å²) in [7, 11) is 0. The molecule has 1 aliphatic heterocycles. The number of nitrogens with two attached hydrogens (primary N) is 1. The first-order valence-electron chi connectivity index (χ1n) is 8.04. The van der Waals surface area contributed by atoms with Gasteiger partial charge in [0, 0.05) is 18.7 Å². The maximum atomic E-state index is 13.2. The Morgan fingerprint density at radius 2 is 1.78 bits per heavy atom. The van der Waals surface area contributed by atoms with Gasteiger partial charge in [0.25, 0.3) is 5.91 Å². The van der Waals surface area contributed by atoms with Gasteiger partial charge in [-0.3, -0.25) is 4.79 Å². The van der Waals surface area contributed by atoms with Crippen molar-refractivity contribution < 1.29 is 9.18 Å². The van der Waals surface area contributed by atoms with Gasteiger partial charge in [0.2, 0.25) is 0 Å². The predicted octanol–water partition coefficient (Wildman–Crippen LogP) is 3.65. The summed E-state index contributed by atoms with van der Waals surface area (Å²) in [5.41, 5.74) is 8.29. The van der Waals surface area contributed by atoms with Gasteiger partial charge in [0.05, 0.1) is 6.04 Å². The molecule has 23 heavy (non-hydrogen) atoms. The second kappa shape index (κ2) is 6.92. The van der Waals surface area contributed by atoms with Crippen LogP contribution in [-0.2, 0) is 6.54 Å². The van der Waals surface area contributed by atoms with Gasteiger partial charge in [-0.15, -0.1) is 0 Å². The van der Waals surface area contributed by atoms with Crippen LogP contribution >= 0.6 is 0 Å². The minimum Gasteiger partial charge on any atom is -0.332 e. The Morgan fingerprint density at radius 3 is 2.43 bits per heavy atom. The highest BCUT2D eigenvalue weighted by atomic mass is 19.1. The number of piperidine rings is 1. The SMILES string of the molecule is NCc1ccc(C(=O)N2CCCCC2c2ccc(F)cc2)cc1. The second-order valence-electron chi connectivity index (χ2n) is 5.96. The molecule has 3 rings (SSSR count). The zero-order valence-electron chi connectivity index (χ0n) is 13.0. The summed E-state index contributed by atoms with van der Waals surface area (Å²) in [6, 6.07) is 14.0. The number of hydrogen-bond acceptors (Lipinski definition) is 2. The molecule has 2 aromatic carbocycles. The van der Waals surface area contributed by atoms with Crippen LogP contribution in [0.3, 0.4) is 0 Å². The Bertz CT molecular complexity index is 667. The molecule has 0 spiro atoms. The van der Waals surface area contributed by atoms with Crippen LogP contribution in [0.4, 0.5) is 4.39 Å². The van der Waals surface area contributed by atoms with Gasteiger partial charge in [-0.05, 0) is 54.7 Å². The van der Waals surface area contributed by atoms with Crippen molar-refractivity contribution in [2.45, 2.75) is 31.8 Å². The van der Waals surface area contributed by atoms with Crippen LogP contribution in [0.5, 0.6) is 0 Å². The molecule has 1 heterocycles. The Morgan fingerprint density at radius 1 is 1.09 bits per heavy atom. The number of nitrogens with zero attached hydrogens (tertiary/aromatic N) is 1. The standard InChI is InChI=1S/C19H21FN2O/c20-17-10-8-15(9-11-17)18-3-1-2-12-22(18)19(23)16-6-4-14(13-21)5-7-16/h4-11,18H,1-3,12-13,21H2. The number of likely N-dealkylation sites (tertiary alicyclic amines) is 1. The molecular weight excluding hydrogens is 291 g/mol. The summed E-state index contributed by atoms with van der Waals surface area (Å²) in [5, 5.41) is 0. The maximum absolute atomic E-state index is 13.2. The largest absolute Gasteiger partial charge is 0.332 e. The third kappa shape index (κ3) is 3.42. The molecule has 120 valence electrons. The number of benzene rings is 2. The van der Waals surface area contributed by atoms with Crippen molar-refractivity contribution in [3.63, 3.8) is 0 Å². The van der Waals surface area contributed by atoms with Gasteiger partial charge >= 0.3 is 0 Å². The van der Waals surface area contributed by atoms with Crippen LogP contribution < -0.4 is 5.73 Å². The summed E-state index contributed by atoms with van der Waals surface area (Å²) in [6.45, 7) is 1.20. The van der Waals surface area contributed by atoms with Crippen molar-refractivity contribution in [2.24, 2.45) is 5.73 Å². The smallest absolute Gasteiger partial charge is 0.254 e. The fourth-order valence-electron chi connectivity index (χ4n) is 3.16. The molecule has 0 radical (unpaired) electrons. The molecule has 1 unspecified atom stereocenters. The normalized spacial score (nSPS) is 18.0. The highest BCUT2D eigenvalue weighted by Gasteiger charge is 2.28. The number of carbonyl (C=O) groups excluding carboxylic acids is 1. The van der Waals surface area contributed by atoms with Gasteiger partial charge < -0.3 is 10.6 Å². The van der Waals surface area contributed by atoms with Crippen molar-refractivity contribution in [1.29, 1.82) is 0 Å². The number of rotatable bonds is 3. The van der Waals surface area contributed by atoms with Gasteiger partial charge in [0.1, 0.15) is 5.82 Å². The number of carbonyl (C=O) groups is 1. The van der Waals surface area contributed by atoms with E-state index in [9.17, 15) is 9.18 Å². The zero-order chi connectivity index (χ0) is 16.2. The van der Waals surface area contributed by atoms with Crippen LogP contribution in [-0.4, -0.2) is 17.4 Å². The fourth-order valence-corrected chi connectivity index (χ4v) is 3.16. The summed E-state index contributed by atoms with van der Waals surface area (Å²) < 4.78 is 13.2. The Balaban J connectivity index is 1.85. The van der Waals surface area contributed by atoms with Crippen LogP contribution in [0.15, 0.2) is 48.5 Å². The topological polar surface area (TPSA) is 46.3 Å². The lowest BCUT2D eigenvalue weighted by Gasteiger charge is -2.36. The third-order valence-corrected chi connectivity index (χ3v) is 4.46. The lowest BCUT2D eigenvalue weighted by Crippen LogP contribution is -2.38. The van der Waals surface area contributed by atoms with E-state index in [-0.39, 0.29) is 17.8 Å². The summed E-state index contributed by atoms with van der Waals surface area (Å²) in [6.07, 6.45) is 3.00. The van der Waals surface area contributed by atoms with E-state index < -0.39 is 0 Å². The summed E-state index contributed by atoms with van der Waals surface area (Å²) >= 11 is 0. The molecule has 2 N–H and O–H groups in total. The van der Waals surface area contributed by atoms with Crippen molar-refractivity contribution in [1.82, 2.24) is 4.90 Å². The van der Waals surface area contributed by atoms with Crippen molar-refractivity contribution in [3.8, 4) is 0 Å². The Hall–Kier alpha value is -2.20. The van der Waals surface area contributed by atoms with Gasteiger partial charge in [-0.1, -0.05) is 24.3 Å². The average Bonchev–Trinajstić information content (AvgIpc) is 2.62. The first-order chi connectivity index (χ1) is 11.2. The van der Waals surface area contributed by atoms with Crippen LogP contribution in [0, 0.1) is 5.82 Å². The summed E-state index contributed by atoms with van der Waals surface area (Å²) in [4.78, 5) is 14.8. The van der Waals surface area contributed by atoms with E-state index in [0.29, 0.717) is 12.1 Å². The molecule has 1 aliphatic rings. The Kier molecular flexibility index (Phi) is 4.72. The van der Waals surface area contributed by atoms with E-state index in [1.165, 1.54) is 12.1 Å². The second-order valence-corrected chi connectivity index (χ2v) is 5.96. The van der Waals surface area contributed by atoms with Crippen molar-refractivity contribution >= 4 is 5.91 Å². The average molecular weight is 312 g/mol. The molecule has 1 saturated heterocycles. The molecule has 0 aromatic heterocycles. The summed E-state index contributed by atoms with van der Waals surface area (Å²) in [5.74, 6) is -0.220. The highest BCUT2D eigenvalue weighted by molar-refractivity contribution is 5.94. The molecule has 1 amide bonds. The monoisotopic (exact) mass is 312 g/mol. The van der Waals surface area contributed by atoms with Crippen LogP contribution in [0.25, 0.3) is 0 Å². The van der Waals surface area contributed by atoms with Crippen molar-refractivity contribution in [3.05, 3.63) is 71.0 Å². The lowest BCUT2D eigenvalue weighted by atomic mass is 9.94. The van der Waals surface area contributed by atoms with Crippen LogP contribution in [0.2, 0.25) is 0 Å². The van der Waals surface area contributed by atoms with Gasteiger partial charge in [-0.2, -0.15) is 0 Å². The quantitative estimate of drug-likeness (QED) is 0.940. The molecule has 0 aliphatic carbocycles. The maximum Gasteiger partial charge on any atom is 0.254 e. The van der Waals surface area contributed by atoms with E-state index in [1.54, 1.807) is 12.1 Å². The molecule has 4 heteroatoms. The molecule has 0 bridgehead atoms. The minimum atomic E-state index is -0.250. The van der Waals surface area contributed by atoms with Crippen molar-refractivity contribution in [2.75, 3.05) is 6.54 Å². The number of halogens is 1. The van der Waals surface area contributed by atoms with Gasteiger partial charge in [0.15, 0.2) is 0 Å². The van der Waals surface area contributed by atoms with Crippen LogP contribution in [0.1, 0.15) is 46.8 Å². The van der Waals surface area contributed by atoms with E-state index in [4.69, 9.17) is 5.73 Å². The number of amides is 1. The van der Waals surface area contributed by atoms with E-state index in [2.05, 4.69) is 0 Å². The molecule has 2 aromatic rings. The first-order valence-corrected chi connectivity index (χ1v) is 8.04.